The molecule has 1 saturated heterocycles. The summed E-state index contributed by atoms with van der Waals surface area (Å²) in [5, 5.41) is 6.90. The van der Waals surface area contributed by atoms with Crippen LogP contribution in [0.2, 0.25) is 0 Å². The molecule has 0 atom stereocenters. The molecule has 0 bridgehead atoms. The van der Waals surface area contributed by atoms with Crippen LogP contribution >= 0.6 is 0 Å². The van der Waals surface area contributed by atoms with E-state index in [1.54, 1.807) is 0 Å². The number of imidazole rings is 1. The van der Waals surface area contributed by atoms with Crippen LogP contribution in [0.5, 0.6) is 0 Å². The molecule has 1 fully saturated rings. The number of nitrogens with zero attached hydrogens (tertiary/aromatic N) is 4. The molecule has 0 aliphatic carbocycles. The monoisotopic (exact) mass is 337 g/mol. The molecule has 8 heteroatoms. The van der Waals surface area contributed by atoms with E-state index in [4.69, 9.17) is 0 Å². The third-order valence-electron chi connectivity index (χ3n) is 4.85. The van der Waals surface area contributed by atoms with Crippen LogP contribution in [0.25, 0.3) is 0 Å². The lowest BCUT2D eigenvalue weighted by molar-refractivity contribution is 0.154. The molecule has 2 aromatic heterocycles. The quantitative estimate of drug-likeness (QED) is 0.903. The highest BCUT2D eigenvalue weighted by Crippen LogP contribution is 2.37. The molecular weight excluding hydrogens is 314 g/mol. The molecule has 0 unspecified atom stereocenters. The van der Waals surface area contributed by atoms with E-state index < -0.39 is 9.84 Å². The largest absolute Gasteiger partial charge is 0.337 e. The first-order valence-corrected chi connectivity index (χ1v) is 9.61. The number of aromatic amines is 1. The van der Waals surface area contributed by atoms with Crippen LogP contribution in [0.15, 0.2) is 23.5 Å². The van der Waals surface area contributed by atoms with Gasteiger partial charge in [0.2, 0.25) is 0 Å². The van der Waals surface area contributed by atoms with Crippen molar-refractivity contribution in [2.75, 3.05) is 19.3 Å². The van der Waals surface area contributed by atoms with Crippen molar-refractivity contribution < 1.29 is 8.42 Å². The Balaban J connectivity index is 1.73. The van der Waals surface area contributed by atoms with Crippen LogP contribution < -0.4 is 0 Å². The molecular formula is C15H23N5O2S. The van der Waals surface area contributed by atoms with Gasteiger partial charge >= 0.3 is 0 Å². The highest BCUT2D eigenvalue weighted by molar-refractivity contribution is 7.90. The number of likely N-dealkylation sites (tertiary alicyclic amines) is 1. The topological polar surface area (TPSA) is 83.9 Å². The molecule has 0 radical (unpaired) electrons. The molecule has 3 heterocycles. The van der Waals surface area contributed by atoms with Crippen LogP contribution in [0.4, 0.5) is 0 Å². The van der Waals surface area contributed by atoms with Gasteiger partial charge in [-0.25, -0.2) is 13.4 Å². The summed E-state index contributed by atoms with van der Waals surface area (Å²) in [7, 11) is -1.26. The summed E-state index contributed by atoms with van der Waals surface area (Å²) in [6, 6.07) is 0. The molecule has 0 aromatic carbocycles. The summed E-state index contributed by atoms with van der Waals surface area (Å²) in [6.07, 6.45) is 8.21. The Morgan fingerprint density at radius 3 is 2.61 bits per heavy atom. The molecule has 1 aliphatic rings. The van der Waals surface area contributed by atoms with Gasteiger partial charge in [-0.05, 0) is 25.9 Å². The van der Waals surface area contributed by atoms with E-state index in [0.717, 1.165) is 44.0 Å². The summed E-state index contributed by atoms with van der Waals surface area (Å²) in [4.78, 5) is 7.06. The number of rotatable bonds is 4. The lowest BCUT2D eigenvalue weighted by Crippen LogP contribution is -2.41. The van der Waals surface area contributed by atoms with Crippen molar-refractivity contribution in [2.45, 2.75) is 36.6 Å². The van der Waals surface area contributed by atoms with Crippen molar-refractivity contribution in [3.63, 3.8) is 0 Å². The van der Waals surface area contributed by atoms with Crippen molar-refractivity contribution in [1.82, 2.24) is 24.6 Å². The molecule has 23 heavy (non-hydrogen) atoms. The summed E-state index contributed by atoms with van der Waals surface area (Å²) in [5.74, 6) is 1.05. The Hall–Kier alpha value is -1.67. The van der Waals surface area contributed by atoms with Gasteiger partial charge in [0.15, 0.2) is 9.84 Å². The molecule has 7 nitrogen and oxygen atoms in total. The number of hydrogen-bond acceptors (Lipinski definition) is 5. The lowest BCUT2D eigenvalue weighted by Gasteiger charge is -2.39. The second kappa shape index (κ2) is 5.76. The van der Waals surface area contributed by atoms with E-state index in [1.165, 1.54) is 12.5 Å². The zero-order chi connectivity index (χ0) is 16.7. The molecule has 0 spiro atoms. The molecule has 1 N–H and O–H groups in total. The number of H-pyrrole nitrogens is 1. The Bertz CT molecular complexity index is 784. The van der Waals surface area contributed by atoms with Crippen molar-refractivity contribution in [1.29, 1.82) is 0 Å². The zero-order valence-corrected chi connectivity index (χ0v) is 14.6. The zero-order valence-electron chi connectivity index (χ0n) is 13.8. The van der Waals surface area contributed by atoms with Gasteiger partial charge in [-0.15, -0.1) is 0 Å². The molecule has 3 rings (SSSR count). The number of nitrogens with one attached hydrogen (secondary N) is 1. The fourth-order valence-corrected chi connectivity index (χ4v) is 4.10. The van der Waals surface area contributed by atoms with E-state index in [0.29, 0.717) is 4.90 Å². The Labute approximate surface area is 136 Å². The van der Waals surface area contributed by atoms with Crippen LogP contribution in [0.1, 0.15) is 31.3 Å². The van der Waals surface area contributed by atoms with Gasteiger partial charge in [-0.2, -0.15) is 5.10 Å². The number of aromatic nitrogens is 4. The molecule has 0 saturated carbocycles. The van der Waals surface area contributed by atoms with Crippen molar-refractivity contribution in [3.8, 4) is 0 Å². The second-order valence-electron chi connectivity index (χ2n) is 6.67. The van der Waals surface area contributed by atoms with Crippen molar-refractivity contribution in [2.24, 2.45) is 7.05 Å². The van der Waals surface area contributed by atoms with Crippen LogP contribution in [-0.2, 0) is 28.8 Å². The van der Waals surface area contributed by atoms with E-state index in [-0.39, 0.29) is 5.41 Å². The van der Waals surface area contributed by atoms with Crippen LogP contribution in [0.3, 0.4) is 0 Å². The summed E-state index contributed by atoms with van der Waals surface area (Å²) in [5.41, 5.74) is 0.559. The van der Waals surface area contributed by atoms with E-state index >= 15 is 0 Å². The number of hydrogen-bond donors (Lipinski definition) is 1. The average Bonchev–Trinajstić information content (AvgIpc) is 3.11. The average molecular weight is 337 g/mol. The summed E-state index contributed by atoms with van der Waals surface area (Å²) < 4.78 is 25.9. The predicted molar refractivity (Wildman–Crippen MR) is 86.8 cm³/mol. The van der Waals surface area contributed by atoms with Gasteiger partial charge < -0.3 is 4.57 Å². The molecule has 0 amide bonds. The summed E-state index contributed by atoms with van der Waals surface area (Å²) >= 11 is 0. The standard InChI is InChI=1S/C15H23N5O2S/c1-15(14-12(10-17-18-14)23(3,21)22)4-7-20(8-5-15)11-13-16-6-9-19(13)2/h6,9-10H,4-5,7-8,11H2,1-3H3,(H,17,18). The van der Waals surface area contributed by atoms with E-state index in [9.17, 15) is 8.42 Å². The van der Waals surface area contributed by atoms with Gasteiger partial charge in [0.1, 0.15) is 10.7 Å². The van der Waals surface area contributed by atoms with Crippen molar-refractivity contribution >= 4 is 9.84 Å². The first-order valence-electron chi connectivity index (χ1n) is 7.72. The van der Waals surface area contributed by atoms with Crippen LogP contribution in [0, 0.1) is 0 Å². The third kappa shape index (κ3) is 3.18. The minimum absolute atomic E-state index is 0.187. The normalized spacial score (nSPS) is 19.1. The maximum absolute atomic E-state index is 11.9. The Morgan fingerprint density at radius 2 is 2.04 bits per heavy atom. The maximum atomic E-state index is 11.9. The van der Waals surface area contributed by atoms with Crippen molar-refractivity contribution in [3.05, 3.63) is 30.1 Å². The highest BCUT2D eigenvalue weighted by Gasteiger charge is 2.37. The lowest BCUT2D eigenvalue weighted by atomic mass is 9.77. The predicted octanol–water partition coefficient (Wildman–Crippen LogP) is 1.10. The summed E-state index contributed by atoms with van der Waals surface area (Å²) in [6.45, 7) is 4.76. The van der Waals surface area contributed by atoms with Gasteiger partial charge in [-0.1, -0.05) is 6.92 Å². The second-order valence-corrected chi connectivity index (χ2v) is 8.66. The maximum Gasteiger partial charge on any atom is 0.178 e. The highest BCUT2D eigenvalue weighted by atomic mass is 32.2. The molecule has 126 valence electrons. The fraction of sp³-hybridized carbons (Fsp3) is 0.600. The molecule has 2 aromatic rings. The van der Waals surface area contributed by atoms with E-state index in [2.05, 4.69) is 27.0 Å². The number of piperidine rings is 1. The Morgan fingerprint density at radius 1 is 1.35 bits per heavy atom. The first kappa shape index (κ1) is 16.2. The van der Waals surface area contributed by atoms with Gasteiger partial charge in [0.05, 0.1) is 18.4 Å². The van der Waals surface area contributed by atoms with Gasteiger partial charge in [0, 0.05) is 31.1 Å². The van der Waals surface area contributed by atoms with Gasteiger partial charge in [-0.3, -0.25) is 10.00 Å². The minimum Gasteiger partial charge on any atom is -0.337 e. The number of sulfone groups is 1. The smallest absolute Gasteiger partial charge is 0.178 e. The fourth-order valence-electron chi connectivity index (χ4n) is 3.19. The minimum atomic E-state index is -3.26. The SMILES string of the molecule is Cn1ccnc1CN1CCC(C)(c2[nH]ncc2S(C)(=O)=O)CC1. The van der Waals surface area contributed by atoms with E-state index in [1.807, 2.05) is 24.0 Å². The third-order valence-corrected chi connectivity index (χ3v) is 5.96. The van der Waals surface area contributed by atoms with Gasteiger partial charge in [0.25, 0.3) is 0 Å². The molecule has 1 aliphatic heterocycles. The Kier molecular flexibility index (Phi) is 4.05. The first-order chi connectivity index (χ1) is 10.8. The van der Waals surface area contributed by atoms with Crippen LogP contribution in [-0.4, -0.2) is 52.4 Å². The number of aryl methyl sites for hydroxylation is 1.